The predicted molar refractivity (Wildman–Crippen MR) is 113 cm³/mol. The minimum Gasteiger partial charge on any atom is -0.393 e. The maximum absolute atomic E-state index is 12.9. The Balaban J connectivity index is 1.43. The molecule has 5 rings (SSSR count). The topological polar surface area (TPSA) is 107 Å². The summed E-state index contributed by atoms with van der Waals surface area (Å²) in [5.41, 5.74) is 1.98. The van der Waals surface area contributed by atoms with E-state index < -0.39 is 22.8 Å². The molecule has 7 nitrogen and oxygen atoms in total. The number of carbonyl (C=O) groups is 1. The molecule has 0 radical (unpaired) electrons. The normalized spacial score (nSPS) is 41.5. The van der Waals surface area contributed by atoms with Gasteiger partial charge in [-0.1, -0.05) is 24.6 Å². The standard InChI is InChI=1S/C23H31NO6S/c1-22-9-13-11-24-30-20(13)8-14(22)4-5-15-16-6-7-17(19(26)12-29-31(3,27)28)23(16,2)10-18(25)21(15)22/h8,11,15-18,21,25H,4-7,9-10,12H2,1-3H3. The average Bonchev–Trinajstić information content (AvgIpc) is 3.25. The van der Waals surface area contributed by atoms with E-state index in [4.69, 9.17) is 8.71 Å². The molecule has 3 fully saturated rings. The molecule has 1 aromatic heterocycles. The Kier molecular flexibility index (Phi) is 4.81. The molecule has 0 spiro atoms. The number of aliphatic hydroxyl groups excluding tert-OH is 1. The fourth-order valence-electron chi connectivity index (χ4n) is 7.81. The Hall–Kier alpha value is -1.51. The van der Waals surface area contributed by atoms with Crippen LogP contribution in [0.3, 0.4) is 0 Å². The fourth-order valence-corrected chi connectivity index (χ4v) is 8.14. The molecule has 1 heterocycles. The van der Waals surface area contributed by atoms with E-state index >= 15 is 0 Å². The first-order valence-corrected chi connectivity index (χ1v) is 13.0. The number of hydrogen-bond donors (Lipinski definition) is 1. The van der Waals surface area contributed by atoms with Crippen LogP contribution in [-0.4, -0.2) is 43.4 Å². The third kappa shape index (κ3) is 3.25. The molecule has 170 valence electrons. The van der Waals surface area contributed by atoms with Crippen LogP contribution in [0.5, 0.6) is 0 Å². The van der Waals surface area contributed by atoms with Gasteiger partial charge in [0.1, 0.15) is 6.61 Å². The highest BCUT2D eigenvalue weighted by atomic mass is 32.2. The zero-order chi connectivity index (χ0) is 22.2. The summed E-state index contributed by atoms with van der Waals surface area (Å²) >= 11 is 0. The molecule has 4 aliphatic rings. The maximum atomic E-state index is 12.9. The van der Waals surface area contributed by atoms with Crippen molar-refractivity contribution in [2.75, 3.05) is 12.9 Å². The maximum Gasteiger partial charge on any atom is 0.264 e. The van der Waals surface area contributed by atoms with Crippen molar-refractivity contribution in [2.45, 2.75) is 58.5 Å². The largest absolute Gasteiger partial charge is 0.393 e. The van der Waals surface area contributed by atoms with Crippen molar-refractivity contribution in [1.29, 1.82) is 0 Å². The number of hydrogen-bond acceptors (Lipinski definition) is 7. The van der Waals surface area contributed by atoms with E-state index in [1.807, 2.05) is 0 Å². The lowest BCUT2D eigenvalue weighted by Crippen LogP contribution is -2.57. The second kappa shape index (κ2) is 6.99. The van der Waals surface area contributed by atoms with Crippen LogP contribution in [0.4, 0.5) is 0 Å². The van der Waals surface area contributed by atoms with Gasteiger partial charge >= 0.3 is 0 Å². The van der Waals surface area contributed by atoms with Gasteiger partial charge in [-0.05, 0) is 73.2 Å². The number of ketones is 1. The molecular formula is C23H31NO6S. The third-order valence-corrected chi connectivity index (χ3v) is 9.56. The number of nitrogens with zero attached hydrogens (tertiary/aromatic N) is 1. The molecule has 1 aromatic rings. The number of aliphatic hydroxyl groups is 1. The lowest BCUT2D eigenvalue weighted by Gasteiger charge is -2.59. The van der Waals surface area contributed by atoms with E-state index in [2.05, 4.69) is 25.1 Å². The van der Waals surface area contributed by atoms with Gasteiger partial charge < -0.3 is 9.63 Å². The molecular weight excluding hydrogens is 418 g/mol. The molecule has 4 aliphatic carbocycles. The van der Waals surface area contributed by atoms with E-state index in [0.717, 1.165) is 49.7 Å². The Bertz CT molecular complexity index is 1040. The zero-order valence-corrected chi connectivity index (χ0v) is 19.2. The second-order valence-electron chi connectivity index (χ2n) is 10.7. The summed E-state index contributed by atoms with van der Waals surface area (Å²) in [7, 11) is -3.66. The summed E-state index contributed by atoms with van der Waals surface area (Å²) in [6.07, 6.45) is 9.40. The summed E-state index contributed by atoms with van der Waals surface area (Å²) in [6.45, 7) is 3.99. The van der Waals surface area contributed by atoms with Crippen molar-refractivity contribution in [1.82, 2.24) is 5.16 Å². The summed E-state index contributed by atoms with van der Waals surface area (Å²) < 4.78 is 32.9. The molecule has 3 saturated carbocycles. The minimum atomic E-state index is -3.66. The van der Waals surface area contributed by atoms with Gasteiger partial charge in [-0.2, -0.15) is 8.42 Å². The Morgan fingerprint density at radius 3 is 2.84 bits per heavy atom. The van der Waals surface area contributed by atoms with Crippen molar-refractivity contribution in [3.05, 3.63) is 23.1 Å². The average molecular weight is 450 g/mol. The van der Waals surface area contributed by atoms with Crippen LogP contribution < -0.4 is 0 Å². The van der Waals surface area contributed by atoms with Crippen molar-refractivity contribution < 1.29 is 27.0 Å². The first-order chi connectivity index (χ1) is 14.5. The molecule has 8 heteroatoms. The lowest BCUT2D eigenvalue weighted by atomic mass is 9.46. The zero-order valence-electron chi connectivity index (χ0n) is 18.3. The fraction of sp³-hybridized carbons (Fsp3) is 0.739. The third-order valence-electron chi connectivity index (χ3n) is 9.01. The van der Waals surface area contributed by atoms with E-state index in [1.54, 1.807) is 6.20 Å². The van der Waals surface area contributed by atoms with Gasteiger partial charge in [0, 0.05) is 11.5 Å². The highest BCUT2D eigenvalue weighted by Gasteiger charge is 2.63. The Morgan fingerprint density at radius 1 is 1.32 bits per heavy atom. The number of carbonyl (C=O) groups excluding carboxylic acids is 1. The molecule has 0 aliphatic heterocycles. The predicted octanol–water partition coefficient (Wildman–Crippen LogP) is 2.99. The molecule has 7 atom stereocenters. The first-order valence-electron chi connectivity index (χ1n) is 11.2. The minimum absolute atomic E-state index is 0.134. The van der Waals surface area contributed by atoms with Crippen LogP contribution in [0.2, 0.25) is 0 Å². The molecule has 31 heavy (non-hydrogen) atoms. The summed E-state index contributed by atoms with van der Waals surface area (Å²) in [6, 6.07) is 0. The first kappa shape index (κ1) is 21.3. The number of rotatable bonds is 4. The van der Waals surface area contributed by atoms with Gasteiger partial charge in [0.05, 0.1) is 18.6 Å². The quantitative estimate of drug-likeness (QED) is 0.704. The number of Topliss-reactive ketones (excluding diaryl/α,β-unsaturated/α-hetero) is 1. The molecule has 0 bridgehead atoms. The van der Waals surface area contributed by atoms with Crippen LogP contribution >= 0.6 is 0 Å². The van der Waals surface area contributed by atoms with Crippen LogP contribution in [-0.2, 0) is 25.5 Å². The molecule has 0 saturated heterocycles. The van der Waals surface area contributed by atoms with Crippen LogP contribution in [0.15, 0.2) is 16.3 Å². The van der Waals surface area contributed by atoms with Gasteiger partial charge in [0.2, 0.25) is 0 Å². The van der Waals surface area contributed by atoms with E-state index in [9.17, 15) is 18.3 Å². The highest BCUT2D eigenvalue weighted by Crippen LogP contribution is 2.66. The van der Waals surface area contributed by atoms with Crippen LogP contribution in [0.25, 0.3) is 6.08 Å². The number of fused-ring (bicyclic) bond motifs is 6. The summed E-state index contributed by atoms with van der Waals surface area (Å²) in [5.74, 6) is 1.24. The second-order valence-corrected chi connectivity index (χ2v) is 12.3. The van der Waals surface area contributed by atoms with Crippen molar-refractivity contribution in [3.8, 4) is 0 Å². The van der Waals surface area contributed by atoms with Gasteiger partial charge in [-0.15, -0.1) is 0 Å². The molecule has 1 N–H and O–H groups in total. The van der Waals surface area contributed by atoms with Crippen LogP contribution in [0, 0.1) is 34.5 Å². The SMILES string of the molecule is CC12Cc3cnoc3C=C1CCC1C2C(O)CC2(C)C(C(=O)COS(C)(=O)=O)CCC12. The number of aromatic nitrogens is 1. The smallest absolute Gasteiger partial charge is 0.264 e. The van der Waals surface area contributed by atoms with Crippen molar-refractivity contribution in [3.63, 3.8) is 0 Å². The van der Waals surface area contributed by atoms with E-state index in [0.29, 0.717) is 18.3 Å². The van der Waals surface area contributed by atoms with Crippen molar-refractivity contribution in [2.24, 2.45) is 34.5 Å². The van der Waals surface area contributed by atoms with Crippen LogP contribution in [0.1, 0.15) is 57.3 Å². The molecule has 0 amide bonds. The van der Waals surface area contributed by atoms with Gasteiger partial charge in [0.25, 0.3) is 10.1 Å². The summed E-state index contributed by atoms with van der Waals surface area (Å²) in [5, 5.41) is 15.4. The van der Waals surface area contributed by atoms with E-state index in [-0.39, 0.29) is 28.4 Å². The monoisotopic (exact) mass is 449 g/mol. The Labute approximate surface area is 183 Å². The van der Waals surface area contributed by atoms with Gasteiger partial charge in [-0.3, -0.25) is 8.98 Å². The Morgan fingerprint density at radius 2 is 2.10 bits per heavy atom. The van der Waals surface area contributed by atoms with Crippen molar-refractivity contribution >= 4 is 22.0 Å². The van der Waals surface area contributed by atoms with Gasteiger partial charge in [-0.25, -0.2) is 0 Å². The highest BCUT2D eigenvalue weighted by molar-refractivity contribution is 7.86. The summed E-state index contributed by atoms with van der Waals surface area (Å²) in [4.78, 5) is 12.9. The van der Waals surface area contributed by atoms with Gasteiger partial charge in [0.15, 0.2) is 11.5 Å². The molecule has 7 unspecified atom stereocenters. The molecule has 0 aromatic carbocycles. The number of allylic oxidation sites excluding steroid dienone is 1. The van der Waals surface area contributed by atoms with E-state index in [1.165, 1.54) is 5.57 Å². The lowest BCUT2D eigenvalue weighted by molar-refractivity contribution is -0.143.